The van der Waals surface area contributed by atoms with Crippen molar-refractivity contribution in [2.45, 2.75) is 13.0 Å². The van der Waals surface area contributed by atoms with Crippen LogP contribution in [-0.4, -0.2) is 22.8 Å². The summed E-state index contributed by atoms with van der Waals surface area (Å²) in [7, 11) is 0. The normalized spacial score (nSPS) is 15.1. The highest BCUT2D eigenvalue weighted by Crippen LogP contribution is 2.05. The maximum atomic E-state index is 11.4. The Hall–Kier alpha value is -1.87. The quantitative estimate of drug-likeness (QED) is 0.589. The SMILES string of the molecule is N#Cc1c2n(c(=O)[nH]c1=O)CCOCC2. The summed E-state index contributed by atoms with van der Waals surface area (Å²) in [5.41, 5.74) is -0.598. The Morgan fingerprint density at radius 2 is 2.20 bits per heavy atom. The fourth-order valence-corrected chi connectivity index (χ4v) is 1.65. The van der Waals surface area contributed by atoms with Crippen LogP contribution in [0.2, 0.25) is 0 Å². The van der Waals surface area contributed by atoms with Crippen LogP contribution in [-0.2, 0) is 17.7 Å². The summed E-state index contributed by atoms with van der Waals surface area (Å²) < 4.78 is 6.58. The number of aromatic amines is 1. The summed E-state index contributed by atoms with van der Waals surface area (Å²) in [4.78, 5) is 24.9. The lowest BCUT2D eigenvalue weighted by Crippen LogP contribution is -2.34. The zero-order valence-electron chi connectivity index (χ0n) is 7.95. The van der Waals surface area contributed by atoms with Crippen LogP contribution in [0.4, 0.5) is 0 Å². The molecule has 6 nitrogen and oxygen atoms in total. The average molecular weight is 207 g/mol. The minimum absolute atomic E-state index is 0.0140. The summed E-state index contributed by atoms with van der Waals surface area (Å²) in [6, 6.07) is 1.82. The molecule has 15 heavy (non-hydrogen) atoms. The highest BCUT2D eigenvalue weighted by molar-refractivity contribution is 5.31. The lowest BCUT2D eigenvalue weighted by Gasteiger charge is -2.07. The standard InChI is InChI=1S/C9H9N3O3/c10-5-6-7-1-3-15-4-2-12(7)9(14)11-8(6)13/h1-4H2,(H,11,13,14). The maximum Gasteiger partial charge on any atom is 0.328 e. The molecule has 0 radical (unpaired) electrons. The van der Waals surface area contributed by atoms with Crippen LogP contribution < -0.4 is 11.2 Å². The number of ether oxygens (including phenoxy) is 1. The topological polar surface area (TPSA) is 87.9 Å². The van der Waals surface area contributed by atoms with Gasteiger partial charge in [-0.25, -0.2) is 4.79 Å². The molecule has 0 atom stereocenters. The van der Waals surface area contributed by atoms with Crippen molar-refractivity contribution in [3.8, 4) is 6.07 Å². The Labute approximate surface area is 84.7 Å². The summed E-state index contributed by atoms with van der Waals surface area (Å²) in [6.45, 7) is 1.22. The average Bonchev–Trinajstić information content (AvgIpc) is 2.44. The van der Waals surface area contributed by atoms with Gasteiger partial charge in [0.2, 0.25) is 0 Å². The molecule has 2 heterocycles. The van der Waals surface area contributed by atoms with Crippen LogP contribution in [0.1, 0.15) is 11.3 Å². The van der Waals surface area contributed by atoms with E-state index in [-0.39, 0.29) is 5.56 Å². The summed E-state index contributed by atoms with van der Waals surface area (Å²) >= 11 is 0. The van der Waals surface area contributed by atoms with E-state index in [4.69, 9.17) is 10.00 Å². The number of hydrogen-bond donors (Lipinski definition) is 1. The molecule has 1 N–H and O–H groups in total. The third kappa shape index (κ3) is 1.57. The van der Waals surface area contributed by atoms with Crippen molar-refractivity contribution in [2.75, 3.05) is 13.2 Å². The van der Waals surface area contributed by atoms with Gasteiger partial charge in [0, 0.05) is 12.1 Å². The first-order valence-electron chi connectivity index (χ1n) is 4.58. The number of nitrogens with zero attached hydrogens (tertiary/aromatic N) is 2. The van der Waals surface area contributed by atoms with Crippen molar-refractivity contribution in [3.05, 3.63) is 32.1 Å². The molecular weight excluding hydrogens is 198 g/mol. The molecule has 0 saturated heterocycles. The second kappa shape index (κ2) is 3.71. The highest BCUT2D eigenvalue weighted by Gasteiger charge is 2.16. The van der Waals surface area contributed by atoms with Crippen LogP contribution in [0, 0.1) is 11.3 Å². The van der Waals surface area contributed by atoms with E-state index in [1.165, 1.54) is 4.57 Å². The molecule has 0 aliphatic carbocycles. The number of nitriles is 1. The van der Waals surface area contributed by atoms with Crippen molar-refractivity contribution in [3.63, 3.8) is 0 Å². The van der Waals surface area contributed by atoms with Crippen molar-refractivity contribution < 1.29 is 4.74 Å². The molecule has 0 saturated carbocycles. The molecule has 1 aliphatic rings. The number of aromatic nitrogens is 2. The fourth-order valence-electron chi connectivity index (χ4n) is 1.65. The number of hydrogen-bond acceptors (Lipinski definition) is 4. The van der Waals surface area contributed by atoms with E-state index in [1.54, 1.807) is 0 Å². The zero-order valence-corrected chi connectivity index (χ0v) is 7.95. The number of H-pyrrole nitrogens is 1. The van der Waals surface area contributed by atoms with Crippen LogP contribution in [0.25, 0.3) is 0 Å². The largest absolute Gasteiger partial charge is 0.379 e. The van der Waals surface area contributed by atoms with Gasteiger partial charge in [-0.3, -0.25) is 14.3 Å². The van der Waals surface area contributed by atoms with Gasteiger partial charge in [-0.1, -0.05) is 0 Å². The lowest BCUT2D eigenvalue weighted by atomic mass is 10.2. The van der Waals surface area contributed by atoms with Gasteiger partial charge in [0.15, 0.2) is 0 Å². The molecule has 78 valence electrons. The second-order valence-electron chi connectivity index (χ2n) is 3.21. The Morgan fingerprint density at radius 3 is 2.93 bits per heavy atom. The monoisotopic (exact) mass is 207 g/mol. The van der Waals surface area contributed by atoms with E-state index in [1.807, 2.05) is 6.07 Å². The minimum Gasteiger partial charge on any atom is -0.379 e. The van der Waals surface area contributed by atoms with E-state index in [9.17, 15) is 9.59 Å². The van der Waals surface area contributed by atoms with Crippen molar-refractivity contribution in [1.29, 1.82) is 5.26 Å². The number of fused-ring (bicyclic) bond motifs is 1. The van der Waals surface area contributed by atoms with Crippen LogP contribution in [0.15, 0.2) is 9.59 Å². The molecular formula is C9H9N3O3. The van der Waals surface area contributed by atoms with Gasteiger partial charge in [0.25, 0.3) is 5.56 Å². The predicted octanol–water partition coefficient (Wildman–Crippen LogP) is -1.02. The van der Waals surface area contributed by atoms with E-state index >= 15 is 0 Å². The van der Waals surface area contributed by atoms with Gasteiger partial charge in [0.1, 0.15) is 11.6 Å². The molecule has 0 bridgehead atoms. The maximum absolute atomic E-state index is 11.4. The summed E-state index contributed by atoms with van der Waals surface area (Å²) in [5.74, 6) is 0. The molecule has 1 aliphatic heterocycles. The first-order valence-corrected chi connectivity index (χ1v) is 4.58. The number of rotatable bonds is 0. The molecule has 1 aromatic rings. The van der Waals surface area contributed by atoms with E-state index < -0.39 is 11.2 Å². The zero-order chi connectivity index (χ0) is 10.8. The highest BCUT2D eigenvalue weighted by atomic mass is 16.5. The molecule has 6 heteroatoms. The first kappa shape index (κ1) is 9.68. The van der Waals surface area contributed by atoms with Gasteiger partial charge >= 0.3 is 5.69 Å². The fraction of sp³-hybridized carbons (Fsp3) is 0.444. The Bertz CT molecular complexity index is 535. The molecule has 0 unspecified atom stereocenters. The summed E-state index contributed by atoms with van der Waals surface area (Å²) in [5, 5.41) is 8.83. The third-order valence-electron chi connectivity index (χ3n) is 2.36. The Balaban J connectivity index is 2.75. The first-order chi connectivity index (χ1) is 7.24. The molecule has 2 rings (SSSR count). The van der Waals surface area contributed by atoms with Crippen LogP contribution >= 0.6 is 0 Å². The lowest BCUT2D eigenvalue weighted by molar-refractivity contribution is 0.140. The summed E-state index contributed by atoms with van der Waals surface area (Å²) in [6.07, 6.45) is 0.419. The number of nitrogens with one attached hydrogen (secondary N) is 1. The van der Waals surface area contributed by atoms with Crippen LogP contribution in [0.3, 0.4) is 0 Å². The van der Waals surface area contributed by atoms with Crippen molar-refractivity contribution >= 4 is 0 Å². The van der Waals surface area contributed by atoms with E-state index in [2.05, 4.69) is 4.98 Å². The molecule has 0 amide bonds. The van der Waals surface area contributed by atoms with Gasteiger partial charge in [-0.05, 0) is 0 Å². The van der Waals surface area contributed by atoms with Crippen molar-refractivity contribution in [2.24, 2.45) is 0 Å². The molecule has 1 aromatic heterocycles. The molecule has 0 aromatic carbocycles. The van der Waals surface area contributed by atoms with Gasteiger partial charge < -0.3 is 4.74 Å². The Morgan fingerprint density at radius 1 is 1.40 bits per heavy atom. The van der Waals surface area contributed by atoms with Gasteiger partial charge in [0.05, 0.1) is 19.8 Å². The van der Waals surface area contributed by atoms with E-state index in [0.717, 1.165) is 0 Å². The smallest absolute Gasteiger partial charge is 0.328 e. The molecule has 0 spiro atoms. The predicted molar refractivity (Wildman–Crippen MR) is 50.6 cm³/mol. The third-order valence-corrected chi connectivity index (χ3v) is 2.36. The minimum atomic E-state index is -0.615. The molecule has 0 fully saturated rings. The van der Waals surface area contributed by atoms with Crippen LogP contribution in [0.5, 0.6) is 0 Å². The van der Waals surface area contributed by atoms with E-state index in [0.29, 0.717) is 31.9 Å². The van der Waals surface area contributed by atoms with Crippen molar-refractivity contribution in [1.82, 2.24) is 9.55 Å². The van der Waals surface area contributed by atoms with Gasteiger partial charge in [-0.2, -0.15) is 5.26 Å². The second-order valence-corrected chi connectivity index (χ2v) is 3.21. The van der Waals surface area contributed by atoms with Gasteiger partial charge in [-0.15, -0.1) is 0 Å². The Kier molecular flexibility index (Phi) is 2.39.